The van der Waals surface area contributed by atoms with Gasteiger partial charge in [-0.25, -0.2) is 13.2 Å². The van der Waals surface area contributed by atoms with Gasteiger partial charge in [0.2, 0.25) is 0 Å². The van der Waals surface area contributed by atoms with Crippen LogP contribution >= 0.6 is 0 Å². The van der Waals surface area contributed by atoms with Crippen LogP contribution in [0.25, 0.3) is 16.8 Å². The van der Waals surface area contributed by atoms with Crippen LogP contribution in [0.4, 0.5) is 0 Å². The number of carboxylic acid groups (broad SMARTS) is 1. The van der Waals surface area contributed by atoms with Crippen molar-refractivity contribution in [2.24, 2.45) is 0 Å². The molecule has 0 aromatic heterocycles. The maximum atomic E-state index is 12.6. The molecule has 31 heavy (non-hydrogen) atoms. The summed E-state index contributed by atoms with van der Waals surface area (Å²) in [5.74, 6) is -1.29. The van der Waals surface area contributed by atoms with Crippen molar-refractivity contribution in [1.29, 1.82) is 0 Å². The van der Waals surface area contributed by atoms with E-state index < -0.39 is 21.5 Å². The van der Waals surface area contributed by atoms with Crippen LogP contribution in [0.2, 0.25) is 0 Å². The summed E-state index contributed by atoms with van der Waals surface area (Å²) in [5.41, 5.74) is -1.14. The molecule has 0 aliphatic rings. The zero-order chi connectivity index (χ0) is 22.3. The van der Waals surface area contributed by atoms with E-state index in [0.29, 0.717) is 5.75 Å². The number of aliphatic carboxylic acids is 1. The summed E-state index contributed by atoms with van der Waals surface area (Å²) in [7, 11) is -3.66. The molecule has 0 radical (unpaired) electrons. The number of rotatable bonds is 10. The van der Waals surface area contributed by atoms with Crippen LogP contribution < -0.4 is 10.1 Å². The van der Waals surface area contributed by atoms with Crippen LogP contribution in [0.15, 0.2) is 78.2 Å². The fourth-order valence-electron chi connectivity index (χ4n) is 3.26. The van der Waals surface area contributed by atoms with Gasteiger partial charge in [-0.05, 0) is 29.6 Å². The summed E-state index contributed by atoms with van der Waals surface area (Å²) in [6.07, 6.45) is 1.23. The van der Waals surface area contributed by atoms with Crippen molar-refractivity contribution in [3.63, 3.8) is 0 Å². The molecule has 7 heteroatoms. The van der Waals surface area contributed by atoms with Gasteiger partial charge in [0.1, 0.15) is 5.75 Å². The third-order valence-electron chi connectivity index (χ3n) is 4.85. The second-order valence-electron chi connectivity index (χ2n) is 7.07. The molecule has 2 N–H and O–H groups in total. The molecular weight excluding hydrogens is 414 g/mol. The van der Waals surface area contributed by atoms with Crippen molar-refractivity contribution < 1.29 is 23.1 Å². The highest BCUT2D eigenvalue weighted by atomic mass is 32.2. The van der Waals surface area contributed by atoms with E-state index in [1.165, 1.54) is 6.08 Å². The number of likely N-dealkylation sites (N-methyl/N-ethyl adjacent to an activating group) is 1. The lowest BCUT2D eigenvalue weighted by Gasteiger charge is -2.31. The Morgan fingerprint density at radius 2 is 1.71 bits per heavy atom. The highest BCUT2D eigenvalue weighted by Crippen LogP contribution is 2.29. The molecule has 0 fully saturated rings. The van der Waals surface area contributed by atoms with Gasteiger partial charge in [-0.2, -0.15) is 0 Å². The van der Waals surface area contributed by atoms with Crippen LogP contribution in [0.5, 0.6) is 5.75 Å². The minimum absolute atomic E-state index is 0.263. The zero-order valence-corrected chi connectivity index (χ0v) is 18.0. The Bertz CT molecular complexity index is 1170. The molecule has 1 atom stereocenters. The van der Waals surface area contributed by atoms with Crippen molar-refractivity contribution in [2.75, 3.05) is 12.3 Å². The van der Waals surface area contributed by atoms with Crippen LogP contribution in [-0.2, 0) is 14.6 Å². The molecule has 0 heterocycles. The molecule has 3 aromatic rings. The molecule has 3 aromatic carbocycles. The topological polar surface area (TPSA) is 92.7 Å². The number of hydrogen-bond acceptors (Lipinski definition) is 5. The molecule has 0 bridgehead atoms. The van der Waals surface area contributed by atoms with Crippen molar-refractivity contribution in [2.45, 2.75) is 19.1 Å². The molecule has 0 amide bonds. The average molecular weight is 440 g/mol. The Hall–Kier alpha value is -3.16. The first-order chi connectivity index (χ1) is 14.9. The largest absolute Gasteiger partial charge is 0.477 e. The standard InChI is InChI=1S/C24H25NO5S/c1-2-25-24(23(26)27,30-22-14-8-12-20-11-6-7-13-21(20)22)16-18-31(28,29)17-15-19-9-4-3-5-10-19/h3-15,17,25H,2,16,18H2,1H3,(H,26,27). The summed E-state index contributed by atoms with van der Waals surface area (Å²) < 4.78 is 31.1. The van der Waals surface area contributed by atoms with Gasteiger partial charge in [0.25, 0.3) is 5.72 Å². The second-order valence-corrected chi connectivity index (χ2v) is 9.08. The van der Waals surface area contributed by atoms with Crippen molar-refractivity contribution in [1.82, 2.24) is 5.32 Å². The number of nitrogens with one attached hydrogen (secondary N) is 1. The van der Waals surface area contributed by atoms with Crippen LogP contribution in [-0.4, -0.2) is 37.5 Å². The quantitative estimate of drug-likeness (QED) is 0.463. The third kappa shape index (κ3) is 5.71. The Kier molecular flexibility index (Phi) is 7.09. The summed E-state index contributed by atoms with van der Waals surface area (Å²) in [4.78, 5) is 12.2. The number of fused-ring (bicyclic) bond motifs is 1. The summed E-state index contributed by atoms with van der Waals surface area (Å²) in [6.45, 7) is 2.03. The van der Waals surface area contributed by atoms with Gasteiger partial charge in [0.15, 0.2) is 9.84 Å². The lowest BCUT2D eigenvalue weighted by molar-refractivity contribution is -0.158. The maximum Gasteiger partial charge on any atom is 0.363 e. The summed E-state index contributed by atoms with van der Waals surface area (Å²) >= 11 is 0. The van der Waals surface area contributed by atoms with Crippen LogP contribution in [0, 0.1) is 0 Å². The predicted molar refractivity (Wildman–Crippen MR) is 122 cm³/mol. The van der Waals surface area contributed by atoms with E-state index in [-0.39, 0.29) is 18.7 Å². The first-order valence-corrected chi connectivity index (χ1v) is 11.7. The maximum absolute atomic E-state index is 12.6. The van der Waals surface area contributed by atoms with Gasteiger partial charge in [-0.3, -0.25) is 5.32 Å². The Balaban J connectivity index is 1.86. The van der Waals surface area contributed by atoms with Gasteiger partial charge in [-0.15, -0.1) is 0 Å². The Morgan fingerprint density at radius 1 is 1.03 bits per heavy atom. The highest BCUT2D eigenvalue weighted by Gasteiger charge is 2.41. The number of ether oxygens (including phenoxy) is 1. The summed E-state index contributed by atoms with van der Waals surface area (Å²) in [5, 5.41) is 15.6. The van der Waals surface area contributed by atoms with Crippen molar-refractivity contribution in [3.05, 3.63) is 83.8 Å². The average Bonchev–Trinajstić information content (AvgIpc) is 2.77. The molecule has 1 unspecified atom stereocenters. The van der Waals surface area contributed by atoms with Gasteiger partial charge in [-0.1, -0.05) is 73.7 Å². The lowest BCUT2D eigenvalue weighted by Crippen LogP contribution is -2.57. The first kappa shape index (κ1) is 22.5. The van der Waals surface area contributed by atoms with E-state index in [1.807, 2.05) is 48.5 Å². The number of hydrogen-bond donors (Lipinski definition) is 2. The van der Waals surface area contributed by atoms with Gasteiger partial charge < -0.3 is 9.84 Å². The minimum Gasteiger partial charge on any atom is -0.477 e. The van der Waals surface area contributed by atoms with E-state index in [4.69, 9.17) is 4.74 Å². The highest BCUT2D eigenvalue weighted by molar-refractivity contribution is 7.94. The van der Waals surface area contributed by atoms with Crippen molar-refractivity contribution >= 4 is 32.7 Å². The van der Waals surface area contributed by atoms with E-state index in [0.717, 1.165) is 21.7 Å². The molecule has 0 saturated heterocycles. The lowest BCUT2D eigenvalue weighted by atomic mass is 10.1. The minimum atomic E-state index is -3.66. The smallest absolute Gasteiger partial charge is 0.363 e. The van der Waals surface area contributed by atoms with Gasteiger partial charge >= 0.3 is 5.97 Å². The van der Waals surface area contributed by atoms with Crippen molar-refractivity contribution in [3.8, 4) is 5.75 Å². The van der Waals surface area contributed by atoms with Gasteiger partial charge in [0.05, 0.1) is 5.75 Å². The van der Waals surface area contributed by atoms with Crippen LogP contribution in [0.3, 0.4) is 0 Å². The molecular formula is C24H25NO5S. The number of carboxylic acids is 1. The molecule has 0 aliphatic carbocycles. The SMILES string of the molecule is CCNC(CCS(=O)(=O)C=Cc1ccccc1)(Oc1cccc2ccccc12)C(=O)O. The molecule has 0 aliphatic heterocycles. The molecule has 3 rings (SSSR count). The Morgan fingerprint density at radius 3 is 2.42 bits per heavy atom. The first-order valence-electron chi connectivity index (χ1n) is 9.96. The van der Waals surface area contributed by atoms with E-state index in [2.05, 4.69) is 5.32 Å². The Labute approximate surface area is 182 Å². The molecule has 6 nitrogen and oxygen atoms in total. The fourth-order valence-corrected chi connectivity index (χ4v) is 4.33. The van der Waals surface area contributed by atoms with E-state index >= 15 is 0 Å². The number of benzene rings is 3. The van der Waals surface area contributed by atoms with Crippen LogP contribution in [0.1, 0.15) is 18.9 Å². The molecule has 0 spiro atoms. The summed E-state index contributed by atoms with van der Waals surface area (Å²) in [6, 6.07) is 21.8. The third-order valence-corrected chi connectivity index (χ3v) is 6.17. The number of sulfone groups is 1. The van der Waals surface area contributed by atoms with Gasteiger partial charge in [0, 0.05) is 17.2 Å². The molecule has 0 saturated carbocycles. The molecule has 162 valence electrons. The van der Waals surface area contributed by atoms with E-state index in [9.17, 15) is 18.3 Å². The monoisotopic (exact) mass is 439 g/mol. The second kappa shape index (κ2) is 9.76. The fraction of sp³-hybridized carbons (Fsp3) is 0.208. The normalized spacial score (nSPS) is 13.8. The number of carbonyl (C=O) groups is 1. The predicted octanol–water partition coefficient (Wildman–Crippen LogP) is 4.08. The van der Waals surface area contributed by atoms with E-state index in [1.54, 1.807) is 31.2 Å². The zero-order valence-electron chi connectivity index (χ0n) is 17.2.